The molecule has 5 heterocycles. The van der Waals surface area contributed by atoms with Crippen molar-refractivity contribution in [1.29, 1.82) is 0 Å². The van der Waals surface area contributed by atoms with E-state index in [1.54, 1.807) is 0 Å². The summed E-state index contributed by atoms with van der Waals surface area (Å²) in [7, 11) is -1.64. The maximum atomic E-state index is 7.36. The third-order valence-corrected chi connectivity index (χ3v) is 13.9. The number of nitrogens with zero attached hydrogens (tertiary/aromatic N) is 2. The van der Waals surface area contributed by atoms with Crippen LogP contribution in [0.15, 0.2) is 138 Å². The van der Waals surface area contributed by atoms with E-state index < -0.39 is 13.7 Å². The molecule has 4 heteroatoms. The van der Waals surface area contributed by atoms with Gasteiger partial charge >= 0.3 is 5.66 Å². The molecule has 3 nitrogen and oxygen atoms in total. The van der Waals surface area contributed by atoms with Crippen molar-refractivity contribution in [3.8, 4) is 22.5 Å². The van der Waals surface area contributed by atoms with Gasteiger partial charge < -0.3 is 4.42 Å². The van der Waals surface area contributed by atoms with E-state index in [1.165, 1.54) is 76.7 Å². The minimum absolute atomic E-state index is 0.392. The first kappa shape index (κ1) is 29.2. The molecule has 9 aromatic rings. The highest BCUT2D eigenvalue weighted by Gasteiger charge is 2.67. The number of fused-ring (bicyclic) bond motifs is 21. The van der Waals surface area contributed by atoms with Crippen LogP contribution in [0, 0.1) is 0 Å². The molecule has 1 spiro atoms. The Labute approximate surface area is 298 Å². The van der Waals surface area contributed by atoms with E-state index >= 15 is 0 Å². The van der Waals surface area contributed by atoms with Gasteiger partial charge in [-0.15, -0.1) is 9.13 Å². The smallest absolute Gasteiger partial charge is 0.417 e. The van der Waals surface area contributed by atoms with Crippen LogP contribution in [0.3, 0.4) is 0 Å². The maximum Gasteiger partial charge on any atom is 0.417 e. The zero-order valence-corrected chi connectivity index (χ0v) is 30.6. The van der Waals surface area contributed by atoms with Crippen LogP contribution in [-0.4, -0.2) is 8.07 Å². The fourth-order valence-electron chi connectivity index (χ4n) is 9.40. The van der Waals surface area contributed by atoms with Gasteiger partial charge in [0, 0.05) is 39.5 Å². The lowest BCUT2D eigenvalue weighted by Gasteiger charge is -2.20. The number of furan rings is 1. The lowest BCUT2D eigenvalue weighted by Crippen LogP contribution is -2.72. The summed E-state index contributed by atoms with van der Waals surface area (Å²) in [6.07, 6.45) is 4.81. The molecule has 244 valence electrons. The Morgan fingerprint density at radius 2 is 1.20 bits per heavy atom. The van der Waals surface area contributed by atoms with Crippen LogP contribution in [0.1, 0.15) is 36.5 Å². The molecule has 0 fully saturated rings. The van der Waals surface area contributed by atoms with E-state index in [1.807, 2.05) is 0 Å². The molecule has 3 aromatic heterocycles. The monoisotopic (exact) mass is 674 g/mol. The molecule has 6 aromatic carbocycles. The van der Waals surface area contributed by atoms with Gasteiger partial charge in [0.05, 0.1) is 13.6 Å². The fraction of sp³-hybridized carbons (Fsp3) is 0.149. The number of aromatic nitrogens is 2. The summed E-state index contributed by atoms with van der Waals surface area (Å²) in [6, 6.07) is 45.4. The van der Waals surface area contributed by atoms with Crippen LogP contribution in [0.4, 0.5) is 0 Å². The molecule has 2 aliphatic rings. The zero-order chi connectivity index (χ0) is 34.4. The summed E-state index contributed by atoms with van der Waals surface area (Å²) in [6.45, 7) is 11.9. The minimum Gasteiger partial charge on any atom is -0.454 e. The molecule has 1 unspecified atom stereocenters. The predicted octanol–water partition coefficient (Wildman–Crippen LogP) is 10.5. The standard InChI is InChI=1S/C47H38N2OSi/c1-28(2)29-24-25-48-42(26-29)44-40(47(48)39-17-11-10-16-38(39)41-23-18-30(27-49(41)47)51(3,4)5)22-21-37-36-20-19-35-33-14-7-6-12-31(33)32-13-8-9-15-34(32)43(35)45(36)50-46(37)44/h6-28H,1-5H3/q+2. The third kappa shape index (κ3) is 3.58. The molecule has 0 amide bonds. The van der Waals surface area contributed by atoms with Gasteiger partial charge in [0.1, 0.15) is 27.9 Å². The SMILES string of the molecule is CC(C)c1cc[n+]2c(c1)-c1c(ccc3c1oc1c3ccc3c4ccccc4c4ccccc4c31)C21c2ccccc2-c2ccc([Si](C)(C)C)c[n+]21. The Kier molecular flexibility index (Phi) is 5.61. The van der Waals surface area contributed by atoms with Crippen LogP contribution < -0.4 is 14.3 Å². The second-order valence-corrected chi connectivity index (χ2v) is 21.0. The second kappa shape index (κ2) is 9.80. The normalized spacial score (nSPS) is 16.2. The highest BCUT2D eigenvalue weighted by Crippen LogP contribution is 2.51. The average Bonchev–Trinajstić information content (AvgIpc) is 3.77. The van der Waals surface area contributed by atoms with Gasteiger partial charge in [0.15, 0.2) is 12.4 Å². The van der Waals surface area contributed by atoms with Crippen molar-refractivity contribution in [2.75, 3.05) is 0 Å². The van der Waals surface area contributed by atoms with Crippen LogP contribution in [0.5, 0.6) is 0 Å². The molecule has 11 rings (SSSR count). The largest absolute Gasteiger partial charge is 0.454 e. The summed E-state index contributed by atoms with van der Waals surface area (Å²) >= 11 is 0. The Hall–Kier alpha value is -5.58. The second-order valence-electron chi connectivity index (χ2n) is 15.9. The Morgan fingerprint density at radius 3 is 1.94 bits per heavy atom. The van der Waals surface area contributed by atoms with E-state index in [2.05, 4.69) is 176 Å². The highest BCUT2D eigenvalue weighted by atomic mass is 28.3. The van der Waals surface area contributed by atoms with Gasteiger partial charge in [0.2, 0.25) is 11.4 Å². The van der Waals surface area contributed by atoms with Crippen molar-refractivity contribution in [2.45, 2.75) is 45.1 Å². The molecule has 1 atom stereocenters. The van der Waals surface area contributed by atoms with Gasteiger partial charge in [0.25, 0.3) is 0 Å². The highest BCUT2D eigenvalue weighted by molar-refractivity contribution is 6.88. The van der Waals surface area contributed by atoms with Crippen molar-refractivity contribution in [2.24, 2.45) is 0 Å². The average molecular weight is 675 g/mol. The maximum absolute atomic E-state index is 7.36. The number of hydrogen-bond donors (Lipinski definition) is 0. The Bertz CT molecular complexity index is 2970. The van der Waals surface area contributed by atoms with Crippen molar-refractivity contribution in [3.05, 3.63) is 150 Å². The quantitative estimate of drug-likeness (QED) is 0.102. The molecule has 0 radical (unpaired) electrons. The van der Waals surface area contributed by atoms with E-state index in [9.17, 15) is 0 Å². The molecular formula is C47H38N2OSi+2. The summed E-state index contributed by atoms with van der Waals surface area (Å²) in [4.78, 5) is 0. The molecular weight excluding hydrogens is 637 g/mol. The summed E-state index contributed by atoms with van der Waals surface area (Å²) in [5, 5.41) is 11.2. The van der Waals surface area contributed by atoms with Crippen LogP contribution in [0.25, 0.3) is 76.8 Å². The number of rotatable bonds is 2. The van der Waals surface area contributed by atoms with E-state index in [4.69, 9.17) is 4.42 Å². The first-order valence-electron chi connectivity index (χ1n) is 18.2. The first-order chi connectivity index (χ1) is 24.8. The molecule has 51 heavy (non-hydrogen) atoms. The van der Waals surface area contributed by atoms with Crippen LogP contribution in [0.2, 0.25) is 19.6 Å². The molecule has 0 saturated heterocycles. The van der Waals surface area contributed by atoms with Crippen molar-refractivity contribution in [1.82, 2.24) is 0 Å². The lowest BCUT2D eigenvalue weighted by molar-refractivity contribution is -0.954. The fourth-order valence-corrected chi connectivity index (χ4v) is 10.5. The molecule has 0 saturated carbocycles. The van der Waals surface area contributed by atoms with E-state index in [-0.39, 0.29) is 0 Å². The van der Waals surface area contributed by atoms with Gasteiger partial charge in [-0.25, -0.2) is 0 Å². The number of pyridine rings is 2. The summed E-state index contributed by atoms with van der Waals surface area (Å²) < 4.78 is 12.5. The summed E-state index contributed by atoms with van der Waals surface area (Å²) in [5.41, 5.74) is 10.2. The van der Waals surface area contributed by atoms with Gasteiger partial charge in [-0.3, -0.25) is 0 Å². The van der Waals surface area contributed by atoms with Gasteiger partial charge in [-0.1, -0.05) is 106 Å². The van der Waals surface area contributed by atoms with Crippen molar-refractivity contribution in [3.63, 3.8) is 0 Å². The number of benzene rings is 6. The molecule has 2 aliphatic heterocycles. The summed E-state index contributed by atoms with van der Waals surface area (Å²) in [5.74, 6) is 0.392. The first-order valence-corrected chi connectivity index (χ1v) is 21.7. The van der Waals surface area contributed by atoms with Gasteiger partial charge in [-0.2, -0.15) is 0 Å². The van der Waals surface area contributed by atoms with Gasteiger partial charge in [-0.05, 0) is 68.7 Å². The Morgan fingerprint density at radius 1 is 0.569 bits per heavy atom. The molecule has 0 N–H and O–H groups in total. The molecule has 0 aliphatic carbocycles. The topological polar surface area (TPSA) is 20.9 Å². The van der Waals surface area contributed by atoms with E-state index in [0.717, 1.165) is 21.9 Å². The number of hydrogen-bond acceptors (Lipinski definition) is 1. The van der Waals surface area contributed by atoms with Crippen LogP contribution in [-0.2, 0) is 5.66 Å². The van der Waals surface area contributed by atoms with E-state index in [0.29, 0.717) is 5.92 Å². The van der Waals surface area contributed by atoms with Crippen molar-refractivity contribution < 1.29 is 13.6 Å². The van der Waals surface area contributed by atoms with Crippen LogP contribution >= 0.6 is 0 Å². The minimum atomic E-state index is -1.64. The Balaban J connectivity index is 1.33. The molecule has 0 bridgehead atoms. The third-order valence-electron chi connectivity index (χ3n) is 11.9. The lowest BCUT2D eigenvalue weighted by atomic mass is 9.89. The predicted molar refractivity (Wildman–Crippen MR) is 213 cm³/mol. The van der Waals surface area contributed by atoms with Crippen molar-refractivity contribution >= 4 is 67.5 Å². The zero-order valence-electron chi connectivity index (χ0n) is 29.6.